The largest absolute Gasteiger partial charge is 0.508 e. The Hall–Kier alpha value is -3.85. The summed E-state index contributed by atoms with van der Waals surface area (Å²) in [7, 11) is 0. The van der Waals surface area contributed by atoms with E-state index < -0.39 is 0 Å². The molecule has 0 radical (unpaired) electrons. The van der Waals surface area contributed by atoms with Crippen LogP contribution in [0, 0.1) is 11.3 Å². The number of rotatable bonds is 3. The van der Waals surface area contributed by atoms with Crippen LogP contribution < -0.4 is 11.1 Å². The van der Waals surface area contributed by atoms with Crippen molar-refractivity contribution in [1.82, 2.24) is 4.98 Å². The van der Waals surface area contributed by atoms with Crippen molar-refractivity contribution >= 4 is 17.4 Å². The number of aromatic nitrogens is 1. The molecule has 0 saturated heterocycles. The van der Waals surface area contributed by atoms with Crippen LogP contribution in [0.15, 0.2) is 54.6 Å². The average Bonchev–Trinajstić information content (AvgIpc) is 2.62. The lowest BCUT2D eigenvalue weighted by atomic mass is 9.98. The molecule has 0 aliphatic carbocycles. The fourth-order valence-electron chi connectivity index (χ4n) is 2.63. The Morgan fingerprint density at radius 2 is 1.73 bits per heavy atom. The fraction of sp³-hybridized carbons (Fsp3) is 0.0500. The summed E-state index contributed by atoms with van der Waals surface area (Å²) < 4.78 is 0. The molecule has 0 aliphatic rings. The molecule has 2 aromatic carbocycles. The Labute approximate surface area is 150 Å². The molecule has 6 nitrogen and oxygen atoms in total. The number of hydrogen-bond donors (Lipinski definition) is 3. The number of anilines is 2. The lowest BCUT2D eigenvalue weighted by Gasteiger charge is -2.11. The van der Waals surface area contributed by atoms with Crippen molar-refractivity contribution in [3.8, 4) is 34.2 Å². The average molecular weight is 344 g/mol. The zero-order valence-corrected chi connectivity index (χ0v) is 14.0. The standard InChI is InChI=1S/C20H16N4O2/c1-12(25)23-15-6-2-13(3-7-15)17-10-19(24-20(22)18(17)11-21)14-4-8-16(26)9-5-14/h2-10,26H,1H3,(H2,22,24)(H,23,25). The summed E-state index contributed by atoms with van der Waals surface area (Å²) >= 11 is 0. The number of benzene rings is 2. The summed E-state index contributed by atoms with van der Waals surface area (Å²) in [5.41, 5.74) is 9.76. The van der Waals surface area contributed by atoms with Gasteiger partial charge in [-0.25, -0.2) is 4.98 Å². The minimum absolute atomic E-state index is 0.138. The van der Waals surface area contributed by atoms with Crippen molar-refractivity contribution in [2.45, 2.75) is 6.92 Å². The molecular weight excluding hydrogens is 328 g/mol. The fourth-order valence-corrected chi connectivity index (χ4v) is 2.63. The highest BCUT2D eigenvalue weighted by molar-refractivity contribution is 5.89. The second kappa shape index (κ2) is 6.95. The Bertz CT molecular complexity index is 1000. The van der Waals surface area contributed by atoms with Crippen LogP contribution in [0.1, 0.15) is 12.5 Å². The summed E-state index contributed by atoms with van der Waals surface area (Å²) in [6, 6.07) is 17.6. The van der Waals surface area contributed by atoms with Gasteiger partial charge in [0.05, 0.1) is 5.69 Å². The van der Waals surface area contributed by atoms with E-state index in [1.54, 1.807) is 42.5 Å². The van der Waals surface area contributed by atoms with E-state index in [0.717, 1.165) is 11.1 Å². The smallest absolute Gasteiger partial charge is 0.221 e. The molecule has 26 heavy (non-hydrogen) atoms. The van der Waals surface area contributed by atoms with Gasteiger partial charge in [0.15, 0.2) is 0 Å². The molecule has 0 atom stereocenters. The first-order valence-electron chi connectivity index (χ1n) is 7.86. The van der Waals surface area contributed by atoms with Crippen LogP contribution in [-0.2, 0) is 4.79 Å². The molecule has 0 fully saturated rings. The maximum atomic E-state index is 11.1. The number of nitrogens with two attached hydrogens (primary N) is 1. The normalized spacial score (nSPS) is 10.2. The first-order valence-corrected chi connectivity index (χ1v) is 7.86. The summed E-state index contributed by atoms with van der Waals surface area (Å²) in [4.78, 5) is 15.4. The van der Waals surface area contributed by atoms with E-state index in [0.29, 0.717) is 22.5 Å². The third-order valence-corrected chi connectivity index (χ3v) is 3.84. The highest BCUT2D eigenvalue weighted by atomic mass is 16.3. The van der Waals surface area contributed by atoms with Gasteiger partial charge in [0.1, 0.15) is 23.2 Å². The molecule has 1 heterocycles. The van der Waals surface area contributed by atoms with Crippen molar-refractivity contribution in [3.63, 3.8) is 0 Å². The highest BCUT2D eigenvalue weighted by Crippen LogP contribution is 2.32. The molecule has 1 amide bonds. The minimum atomic E-state index is -0.154. The van der Waals surface area contributed by atoms with Gasteiger partial charge < -0.3 is 16.2 Å². The SMILES string of the molecule is CC(=O)Nc1ccc(-c2cc(-c3ccc(O)cc3)nc(N)c2C#N)cc1. The molecule has 3 rings (SSSR count). The van der Waals surface area contributed by atoms with Gasteiger partial charge >= 0.3 is 0 Å². The van der Waals surface area contributed by atoms with Gasteiger partial charge in [-0.05, 0) is 48.0 Å². The molecule has 4 N–H and O–H groups in total. The third kappa shape index (κ3) is 3.47. The number of pyridine rings is 1. The van der Waals surface area contributed by atoms with Crippen molar-refractivity contribution in [1.29, 1.82) is 5.26 Å². The topological polar surface area (TPSA) is 112 Å². The van der Waals surface area contributed by atoms with Crippen LogP contribution in [-0.4, -0.2) is 16.0 Å². The lowest BCUT2D eigenvalue weighted by Crippen LogP contribution is -2.05. The molecule has 0 saturated carbocycles. The number of nitrogens with one attached hydrogen (secondary N) is 1. The van der Waals surface area contributed by atoms with Crippen molar-refractivity contribution in [2.75, 3.05) is 11.1 Å². The van der Waals surface area contributed by atoms with Gasteiger partial charge in [-0.2, -0.15) is 5.26 Å². The lowest BCUT2D eigenvalue weighted by molar-refractivity contribution is -0.114. The number of nitrogen functional groups attached to an aromatic ring is 1. The van der Waals surface area contributed by atoms with Crippen LogP contribution in [0.5, 0.6) is 5.75 Å². The Kier molecular flexibility index (Phi) is 4.54. The molecule has 0 bridgehead atoms. The van der Waals surface area contributed by atoms with E-state index in [-0.39, 0.29) is 17.5 Å². The molecule has 0 unspecified atom stereocenters. The number of carbonyl (C=O) groups excluding carboxylic acids is 1. The van der Waals surface area contributed by atoms with Crippen LogP contribution in [0.4, 0.5) is 11.5 Å². The number of nitrogens with zero attached hydrogens (tertiary/aromatic N) is 2. The molecule has 0 spiro atoms. The van der Waals surface area contributed by atoms with Crippen LogP contribution in [0.25, 0.3) is 22.4 Å². The van der Waals surface area contributed by atoms with E-state index in [4.69, 9.17) is 5.73 Å². The Morgan fingerprint density at radius 1 is 1.12 bits per heavy atom. The van der Waals surface area contributed by atoms with Gasteiger partial charge in [0, 0.05) is 23.7 Å². The van der Waals surface area contributed by atoms with Crippen molar-refractivity contribution < 1.29 is 9.90 Å². The summed E-state index contributed by atoms with van der Waals surface area (Å²) in [6.45, 7) is 1.44. The summed E-state index contributed by atoms with van der Waals surface area (Å²) in [6.07, 6.45) is 0. The zero-order chi connectivity index (χ0) is 18.7. The van der Waals surface area contributed by atoms with Gasteiger partial charge in [-0.1, -0.05) is 12.1 Å². The van der Waals surface area contributed by atoms with Crippen molar-refractivity contribution in [3.05, 3.63) is 60.2 Å². The molecule has 1 aromatic heterocycles. The maximum Gasteiger partial charge on any atom is 0.221 e. The number of phenols is 1. The number of carbonyl (C=O) groups is 1. The van der Waals surface area contributed by atoms with Gasteiger partial charge in [-0.3, -0.25) is 4.79 Å². The number of aromatic hydroxyl groups is 1. The summed E-state index contributed by atoms with van der Waals surface area (Å²) in [5, 5.41) is 21.6. The molecule has 0 aliphatic heterocycles. The molecule has 128 valence electrons. The van der Waals surface area contributed by atoms with E-state index in [2.05, 4.69) is 16.4 Å². The van der Waals surface area contributed by atoms with E-state index >= 15 is 0 Å². The number of amides is 1. The molecular formula is C20H16N4O2. The highest BCUT2D eigenvalue weighted by Gasteiger charge is 2.13. The van der Waals surface area contributed by atoms with Crippen LogP contribution >= 0.6 is 0 Å². The van der Waals surface area contributed by atoms with E-state index in [1.165, 1.54) is 6.92 Å². The molecule has 6 heteroatoms. The minimum Gasteiger partial charge on any atom is -0.508 e. The first kappa shape index (κ1) is 17.0. The second-order valence-corrected chi connectivity index (χ2v) is 5.73. The first-order chi connectivity index (χ1) is 12.5. The Morgan fingerprint density at radius 3 is 2.31 bits per heavy atom. The summed E-state index contributed by atoms with van der Waals surface area (Å²) in [5.74, 6) is 0.140. The number of phenolic OH excluding ortho intramolecular Hbond substituents is 1. The zero-order valence-electron chi connectivity index (χ0n) is 14.0. The predicted octanol–water partition coefficient (Wildman–Crippen LogP) is 3.53. The van der Waals surface area contributed by atoms with Gasteiger partial charge in [0.25, 0.3) is 0 Å². The molecule has 3 aromatic rings. The van der Waals surface area contributed by atoms with Gasteiger partial charge in [-0.15, -0.1) is 0 Å². The van der Waals surface area contributed by atoms with E-state index in [1.807, 2.05) is 12.1 Å². The Balaban J connectivity index is 2.09. The van der Waals surface area contributed by atoms with E-state index in [9.17, 15) is 15.2 Å². The number of hydrogen-bond acceptors (Lipinski definition) is 5. The van der Waals surface area contributed by atoms with Crippen LogP contribution in [0.2, 0.25) is 0 Å². The monoisotopic (exact) mass is 344 g/mol. The van der Waals surface area contributed by atoms with Crippen LogP contribution in [0.3, 0.4) is 0 Å². The predicted molar refractivity (Wildman–Crippen MR) is 100 cm³/mol. The number of nitriles is 1. The second-order valence-electron chi connectivity index (χ2n) is 5.73. The van der Waals surface area contributed by atoms with Gasteiger partial charge in [0.2, 0.25) is 5.91 Å². The third-order valence-electron chi connectivity index (χ3n) is 3.84. The maximum absolute atomic E-state index is 11.1. The van der Waals surface area contributed by atoms with Crippen molar-refractivity contribution in [2.24, 2.45) is 0 Å². The quantitative estimate of drug-likeness (QED) is 0.673.